The van der Waals surface area contributed by atoms with Gasteiger partial charge in [-0.05, 0) is 43.3 Å². The van der Waals surface area contributed by atoms with Gasteiger partial charge in [0.1, 0.15) is 5.75 Å². The highest BCUT2D eigenvalue weighted by Gasteiger charge is 2.29. The van der Waals surface area contributed by atoms with Crippen LogP contribution in [0, 0.1) is 0 Å². The molecule has 0 aliphatic carbocycles. The Kier molecular flexibility index (Phi) is 4.94. The third-order valence-electron chi connectivity index (χ3n) is 4.54. The lowest BCUT2D eigenvalue weighted by Crippen LogP contribution is -2.41. The van der Waals surface area contributed by atoms with E-state index >= 15 is 0 Å². The molecule has 0 fully saturated rings. The Hall–Kier alpha value is -3.39. The van der Waals surface area contributed by atoms with Gasteiger partial charge in [-0.25, -0.2) is 4.98 Å². The number of aromatic nitrogens is 1. The minimum absolute atomic E-state index is 0.0747. The molecule has 1 aromatic heterocycles. The summed E-state index contributed by atoms with van der Waals surface area (Å²) in [5, 5.41) is 8.70. The molecule has 0 radical (unpaired) electrons. The second kappa shape index (κ2) is 7.56. The SMILES string of the molecule is CC(=O)Nc1cccc(Nc2nc(-c3ccc4c(c3)N(C)C(=O)C(C)O4)cs2)c1. The highest BCUT2D eigenvalue weighted by atomic mass is 32.1. The zero-order valence-corrected chi connectivity index (χ0v) is 17.0. The van der Waals surface area contributed by atoms with Crippen molar-refractivity contribution < 1.29 is 14.3 Å². The summed E-state index contributed by atoms with van der Waals surface area (Å²) >= 11 is 1.48. The van der Waals surface area contributed by atoms with Gasteiger partial charge in [0.25, 0.3) is 5.91 Å². The Balaban J connectivity index is 1.56. The number of benzene rings is 2. The summed E-state index contributed by atoms with van der Waals surface area (Å²) in [5.74, 6) is 0.494. The van der Waals surface area contributed by atoms with Gasteiger partial charge >= 0.3 is 0 Å². The Morgan fingerprint density at radius 3 is 2.79 bits per heavy atom. The van der Waals surface area contributed by atoms with Gasteiger partial charge in [0, 0.05) is 36.3 Å². The number of hydrogen-bond donors (Lipinski definition) is 2. The summed E-state index contributed by atoms with van der Waals surface area (Å²) in [6.07, 6.45) is -0.485. The van der Waals surface area contributed by atoms with Crippen molar-refractivity contribution in [3.8, 4) is 17.0 Å². The smallest absolute Gasteiger partial charge is 0.267 e. The van der Waals surface area contributed by atoms with E-state index in [0.717, 1.165) is 33.5 Å². The molecule has 1 unspecified atom stereocenters. The molecular weight excluding hydrogens is 388 g/mol. The van der Waals surface area contributed by atoms with Crippen LogP contribution in [0.4, 0.5) is 22.2 Å². The first-order valence-corrected chi connectivity index (χ1v) is 9.97. The van der Waals surface area contributed by atoms with Gasteiger partial charge < -0.3 is 20.3 Å². The van der Waals surface area contributed by atoms with Gasteiger partial charge in [-0.15, -0.1) is 11.3 Å². The van der Waals surface area contributed by atoms with E-state index in [2.05, 4.69) is 15.6 Å². The summed E-state index contributed by atoms with van der Waals surface area (Å²) in [4.78, 5) is 29.7. The Labute approximate surface area is 172 Å². The standard InChI is InChI=1S/C21H20N4O3S/c1-12-20(27)25(3)18-9-14(7-8-19(18)28-12)17-11-29-21(24-17)23-16-6-4-5-15(10-16)22-13(2)26/h4-12H,1-3H3,(H,22,26)(H,23,24). The van der Waals surface area contributed by atoms with Crippen LogP contribution >= 0.6 is 11.3 Å². The lowest BCUT2D eigenvalue weighted by molar-refractivity contribution is -0.125. The number of ether oxygens (including phenoxy) is 1. The van der Waals surface area contributed by atoms with E-state index in [1.54, 1.807) is 18.9 Å². The van der Waals surface area contributed by atoms with Crippen molar-refractivity contribution in [3.63, 3.8) is 0 Å². The highest BCUT2D eigenvalue weighted by molar-refractivity contribution is 7.14. The summed E-state index contributed by atoms with van der Waals surface area (Å²) in [6, 6.07) is 13.2. The van der Waals surface area contributed by atoms with Crippen LogP contribution in [0.15, 0.2) is 47.8 Å². The number of carbonyl (C=O) groups is 2. The normalized spacial score (nSPS) is 15.5. The van der Waals surface area contributed by atoms with Crippen LogP contribution in [0.25, 0.3) is 11.3 Å². The topological polar surface area (TPSA) is 83.6 Å². The van der Waals surface area contributed by atoms with Crippen LogP contribution in [-0.2, 0) is 9.59 Å². The Bertz CT molecular complexity index is 1100. The van der Waals surface area contributed by atoms with Gasteiger partial charge in [0.05, 0.1) is 11.4 Å². The third-order valence-corrected chi connectivity index (χ3v) is 5.29. The van der Waals surface area contributed by atoms with E-state index in [0.29, 0.717) is 5.75 Å². The zero-order chi connectivity index (χ0) is 20.5. The van der Waals surface area contributed by atoms with Crippen molar-refractivity contribution in [3.05, 3.63) is 47.8 Å². The molecule has 148 valence electrons. The third kappa shape index (κ3) is 3.93. The number of thiazole rings is 1. The van der Waals surface area contributed by atoms with Crippen molar-refractivity contribution in [2.45, 2.75) is 20.0 Å². The second-order valence-corrected chi connectivity index (χ2v) is 7.62. The number of nitrogens with one attached hydrogen (secondary N) is 2. The fourth-order valence-corrected chi connectivity index (χ4v) is 3.88. The van der Waals surface area contributed by atoms with Crippen LogP contribution in [0.5, 0.6) is 5.75 Å². The van der Waals surface area contributed by atoms with E-state index in [-0.39, 0.29) is 11.8 Å². The van der Waals surface area contributed by atoms with E-state index in [1.165, 1.54) is 18.3 Å². The fraction of sp³-hybridized carbons (Fsp3) is 0.190. The predicted molar refractivity (Wildman–Crippen MR) is 115 cm³/mol. The molecule has 2 heterocycles. The van der Waals surface area contributed by atoms with Gasteiger partial charge in [-0.3, -0.25) is 9.59 Å². The number of anilines is 4. The van der Waals surface area contributed by atoms with E-state index in [9.17, 15) is 9.59 Å². The van der Waals surface area contributed by atoms with E-state index in [1.807, 2.05) is 47.8 Å². The molecule has 1 atom stereocenters. The molecule has 4 rings (SSSR count). The molecule has 0 spiro atoms. The fourth-order valence-electron chi connectivity index (χ4n) is 3.14. The maximum absolute atomic E-state index is 12.2. The molecule has 0 saturated heterocycles. The largest absolute Gasteiger partial charge is 0.479 e. The van der Waals surface area contributed by atoms with Crippen LogP contribution in [-0.4, -0.2) is 29.9 Å². The minimum atomic E-state index is -0.485. The molecule has 3 aromatic rings. The zero-order valence-electron chi connectivity index (χ0n) is 16.2. The van der Waals surface area contributed by atoms with Gasteiger partial charge in [0.15, 0.2) is 11.2 Å². The number of likely N-dealkylation sites (N-methyl/N-ethyl adjacent to an activating group) is 1. The first-order valence-electron chi connectivity index (χ1n) is 9.09. The van der Waals surface area contributed by atoms with Crippen molar-refractivity contribution in [2.24, 2.45) is 0 Å². The monoisotopic (exact) mass is 408 g/mol. The first-order chi connectivity index (χ1) is 13.9. The number of hydrogen-bond acceptors (Lipinski definition) is 6. The summed E-state index contributed by atoms with van der Waals surface area (Å²) in [7, 11) is 1.75. The van der Waals surface area contributed by atoms with Crippen molar-refractivity contribution >= 4 is 45.3 Å². The maximum atomic E-state index is 12.2. The average molecular weight is 408 g/mol. The molecule has 0 bridgehead atoms. The summed E-state index contributed by atoms with van der Waals surface area (Å²) in [5.41, 5.74) is 3.98. The Morgan fingerprint density at radius 2 is 2.00 bits per heavy atom. The number of carbonyl (C=O) groups excluding carboxylic acids is 2. The van der Waals surface area contributed by atoms with Gasteiger partial charge in [0.2, 0.25) is 5.91 Å². The summed E-state index contributed by atoms with van der Waals surface area (Å²) in [6.45, 7) is 3.22. The van der Waals surface area contributed by atoms with Crippen molar-refractivity contribution in [1.29, 1.82) is 0 Å². The van der Waals surface area contributed by atoms with Crippen LogP contribution < -0.4 is 20.3 Å². The average Bonchev–Trinajstić information content (AvgIpc) is 3.14. The number of nitrogens with zero attached hydrogens (tertiary/aromatic N) is 2. The van der Waals surface area contributed by atoms with Crippen LogP contribution in [0.1, 0.15) is 13.8 Å². The number of fused-ring (bicyclic) bond motifs is 1. The molecule has 2 amide bonds. The molecule has 8 heteroatoms. The molecule has 1 aliphatic rings. The molecule has 2 N–H and O–H groups in total. The molecule has 7 nitrogen and oxygen atoms in total. The van der Waals surface area contributed by atoms with E-state index in [4.69, 9.17) is 4.74 Å². The minimum Gasteiger partial charge on any atom is -0.479 e. The molecule has 2 aromatic carbocycles. The van der Waals surface area contributed by atoms with Crippen molar-refractivity contribution in [1.82, 2.24) is 4.98 Å². The number of amides is 2. The predicted octanol–water partition coefficient (Wildman–Crippen LogP) is 4.26. The number of rotatable bonds is 4. The van der Waals surface area contributed by atoms with Crippen molar-refractivity contribution in [2.75, 3.05) is 22.6 Å². The molecule has 29 heavy (non-hydrogen) atoms. The lowest BCUT2D eigenvalue weighted by atomic mass is 10.1. The summed E-state index contributed by atoms with van der Waals surface area (Å²) < 4.78 is 5.68. The maximum Gasteiger partial charge on any atom is 0.267 e. The first kappa shape index (κ1) is 18.9. The van der Waals surface area contributed by atoms with Gasteiger partial charge in [-0.1, -0.05) is 6.07 Å². The van der Waals surface area contributed by atoms with E-state index < -0.39 is 6.10 Å². The van der Waals surface area contributed by atoms with Crippen LogP contribution in [0.3, 0.4) is 0 Å². The lowest BCUT2D eigenvalue weighted by Gasteiger charge is -2.30. The van der Waals surface area contributed by atoms with Crippen LogP contribution in [0.2, 0.25) is 0 Å². The quantitative estimate of drug-likeness (QED) is 0.674. The Morgan fingerprint density at radius 1 is 1.21 bits per heavy atom. The highest BCUT2D eigenvalue weighted by Crippen LogP contribution is 2.37. The molecule has 1 aliphatic heterocycles. The molecular formula is C21H20N4O3S. The van der Waals surface area contributed by atoms with Gasteiger partial charge in [-0.2, -0.15) is 0 Å². The molecule has 0 saturated carbocycles. The second-order valence-electron chi connectivity index (χ2n) is 6.76.